The van der Waals surface area contributed by atoms with E-state index in [1.807, 2.05) is 79.9 Å². The standard InChI is InChI=1S/C37H38N2O7/c1-6-38(26-16-29(42-4)20-30(17-26)43-5)37(41)34-23-39(27-18-31(44-7-2)21-32(19-27)45-8-3)35-22-28(14-15-33(35)36(34)40)46-24-25-12-10-9-11-13-25/h9-23H,6-8,24H2,1-5H3. The molecule has 5 rings (SSSR count). The maximum atomic E-state index is 14.2. The predicted octanol–water partition coefficient (Wildman–Crippen LogP) is 7.05. The van der Waals surface area contributed by atoms with Gasteiger partial charge in [-0.15, -0.1) is 0 Å². The number of aromatic nitrogens is 1. The number of rotatable bonds is 13. The van der Waals surface area contributed by atoms with E-state index < -0.39 is 11.3 Å². The highest BCUT2D eigenvalue weighted by Crippen LogP contribution is 2.32. The molecule has 0 saturated heterocycles. The van der Waals surface area contributed by atoms with Crippen LogP contribution in [0.4, 0.5) is 5.69 Å². The molecule has 0 aliphatic rings. The Kier molecular flexibility index (Phi) is 10.1. The number of methoxy groups -OCH3 is 2. The number of amides is 1. The molecule has 0 unspecified atom stereocenters. The van der Waals surface area contributed by atoms with Crippen molar-refractivity contribution in [2.24, 2.45) is 0 Å². The van der Waals surface area contributed by atoms with Crippen molar-refractivity contribution in [1.82, 2.24) is 4.57 Å². The van der Waals surface area contributed by atoms with E-state index in [9.17, 15) is 9.59 Å². The van der Waals surface area contributed by atoms with Crippen molar-refractivity contribution >= 4 is 22.5 Å². The van der Waals surface area contributed by atoms with Gasteiger partial charge in [-0.25, -0.2) is 0 Å². The fraction of sp³-hybridized carbons (Fsp3) is 0.243. The Balaban J connectivity index is 1.68. The van der Waals surface area contributed by atoms with Crippen molar-refractivity contribution in [1.29, 1.82) is 0 Å². The molecule has 0 atom stereocenters. The Morgan fingerprint density at radius 2 is 1.35 bits per heavy atom. The van der Waals surface area contributed by atoms with Crippen LogP contribution in [0.15, 0.2) is 95.9 Å². The molecule has 1 aromatic heterocycles. The Hall–Kier alpha value is -5.44. The van der Waals surface area contributed by atoms with Gasteiger partial charge < -0.3 is 33.2 Å². The highest BCUT2D eigenvalue weighted by molar-refractivity contribution is 6.07. The summed E-state index contributed by atoms with van der Waals surface area (Å²) in [5.41, 5.74) is 2.37. The summed E-state index contributed by atoms with van der Waals surface area (Å²) in [6.07, 6.45) is 1.58. The maximum Gasteiger partial charge on any atom is 0.263 e. The minimum absolute atomic E-state index is 0.00568. The number of hydrogen-bond donors (Lipinski definition) is 0. The summed E-state index contributed by atoms with van der Waals surface area (Å²) >= 11 is 0. The smallest absolute Gasteiger partial charge is 0.263 e. The largest absolute Gasteiger partial charge is 0.497 e. The number of carbonyl (C=O) groups excluding carboxylic acids is 1. The van der Waals surface area contributed by atoms with Crippen LogP contribution in [0.1, 0.15) is 36.7 Å². The molecule has 238 valence electrons. The summed E-state index contributed by atoms with van der Waals surface area (Å²) in [7, 11) is 3.09. The molecule has 0 fully saturated rings. The minimum atomic E-state index is -0.464. The summed E-state index contributed by atoms with van der Waals surface area (Å²) in [5.74, 6) is 2.35. The highest BCUT2D eigenvalue weighted by Gasteiger charge is 2.24. The summed E-state index contributed by atoms with van der Waals surface area (Å²) < 4.78 is 30.5. The van der Waals surface area contributed by atoms with E-state index in [0.29, 0.717) is 77.4 Å². The maximum absolute atomic E-state index is 14.2. The van der Waals surface area contributed by atoms with Gasteiger partial charge in [0, 0.05) is 60.6 Å². The van der Waals surface area contributed by atoms with Crippen LogP contribution in [0.25, 0.3) is 16.6 Å². The van der Waals surface area contributed by atoms with E-state index in [1.165, 1.54) is 4.90 Å². The molecule has 0 aliphatic heterocycles. The van der Waals surface area contributed by atoms with Crippen LogP contribution < -0.4 is 34.0 Å². The van der Waals surface area contributed by atoms with Gasteiger partial charge in [-0.1, -0.05) is 30.3 Å². The van der Waals surface area contributed by atoms with Gasteiger partial charge in [0.1, 0.15) is 40.9 Å². The number of pyridine rings is 1. The van der Waals surface area contributed by atoms with Gasteiger partial charge in [-0.05, 0) is 38.5 Å². The van der Waals surface area contributed by atoms with Crippen LogP contribution in [0.5, 0.6) is 28.7 Å². The van der Waals surface area contributed by atoms with Gasteiger partial charge in [0.15, 0.2) is 0 Å². The highest BCUT2D eigenvalue weighted by atomic mass is 16.5. The van der Waals surface area contributed by atoms with Gasteiger partial charge in [0.25, 0.3) is 5.91 Å². The van der Waals surface area contributed by atoms with Crippen molar-refractivity contribution in [3.8, 4) is 34.4 Å². The lowest BCUT2D eigenvalue weighted by Gasteiger charge is -2.23. The zero-order chi connectivity index (χ0) is 32.6. The molecule has 0 aliphatic carbocycles. The predicted molar refractivity (Wildman–Crippen MR) is 180 cm³/mol. The molecule has 0 radical (unpaired) electrons. The first-order chi connectivity index (χ1) is 22.4. The lowest BCUT2D eigenvalue weighted by Crippen LogP contribution is -2.34. The van der Waals surface area contributed by atoms with Crippen LogP contribution in [0.2, 0.25) is 0 Å². The summed E-state index contributed by atoms with van der Waals surface area (Å²) in [5, 5.41) is 0.358. The molecule has 46 heavy (non-hydrogen) atoms. The minimum Gasteiger partial charge on any atom is -0.497 e. The zero-order valence-electron chi connectivity index (χ0n) is 26.7. The third-order valence-corrected chi connectivity index (χ3v) is 7.43. The first-order valence-corrected chi connectivity index (χ1v) is 15.2. The number of hydrogen-bond acceptors (Lipinski definition) is 7. The van der Waals surface area contributed by atoms with Gasteiger partial charge >= 0.3 is 0 Å². The Morgan fingerprint density at radius 1 is 0.717 bits per heavy atom. The van der Waals surface area contributed by atoms with E-state index >= 15 is 0 Å². The molecular formula is C37H38N2O7. The summed E-state index contributed by atoms with van der Waals surface area (Å²) in [6, 6.07) is 25.8. The number of carbonyl (C=O) groups is 1. The number of benzene rings is 4. The van der Waals surface area contributed by atoms with Gasteiger partial charge in [0.2, 0.25) is 5.43 Å². The quantitative estimate of drug-likeness (QED) is 0.139. The Labute approximate surface area is 268 Å². The monoisotopic (exact) mass is 622 g/mol. The fourth-order valence-corrected chi connectivity index (χ4v) is 5.23. The second-order valence-electron chi connectivity index (χ2n) is 10.3. The topological polar surface area (TPSA) is 88.5 Å². The third kappa shape index (κ3) is 6.94. The lowest BCUT2D eigenvalue weighted by atomic mass is 10.1. The van der Waals surface area contributed by atoms with E-state index in [0.717, 1.165) is 5.56 Å². The van der Waals surface area contributed by atoms with Crippen LogP contribution in [0, 0.1) is 0 Å². The average Bonchev–Trinajstić information content (AvgIpc) is 3.08. The van der Waals surface area contributed by atoms with Gasteiger partial charge in [0.05, 0.1) is 44.3 Å². The molecule has 9 heteroatoms. The Bertz CT molecular complexity index is 1840. The molecule has 5 aromatic rings. The molecule has 9 nitrogen and oxygen atoms in total. The van der Waals surface area contributed by atoms with Crippen molar-refractivity contribution in [3.63, 3.8) is 0 Å². The molecule has 0 N–H and O–H groups in total. The first-order valence-electron chi connectivity index (χ1n) is 15.2. The van der Waals surface area contributed by atoms with Crippen molar-refractivity contribution in [2.75, 3.05) is 38.9 Å². The van der Waals surface area contributed by atoms with Gasteiger partial charge in [-0.2, -0.15) is 0 Å². The third-order valence-electron chi connectivity index (χ3n) is 7.43. The van der Waals surface area contributed by atoms with Crippen LogP contribution in [-0.2, 0) is 6.61 Å². The zero-order valence-corrected chi connectivity index (χ0v) is 26.7. The number of nitrogens with zero attached hydrogens (tertiary/aromatic N) is 2. The normalized spacial score (nSPS) is 10.8. The summed E-state index contributed by atoms with van der Waals surface area (Å²) in [6.45, 7) is 7.22. The molecular weight excluding hydrogens is 584 g/mol. The van der Waals surface area contributed by atoms with Crippen molar-refractivity contribution < 1.29 is 28.5 Å². The summed E-state index contributed by atoms with van der Waals surface area (Å²) in [4.78, 5) is 29.9. The van der Waals surface area contributed by atoms with Crippen molar-refractivity contribution in [3.05, 3.63) is 112 Å². The second kappa shape index (κ2) is 14.6. The number of ether oxygens (including phenoxy) is 5. The average molecular weight is 623 g/mol. The van der Waals surface area contributed by atoms with Crippen molar-refractivity contribution in [2.45, 2.75) is 27.4 Å². The number of anilines is 1. The molecule has 4 aromatic carbocycles. The molecule has 1 heterocycles. The van der Waals surface area contributed by atoms with Crippen LogP contribution in [-0.4, -0.2) is 44.5 Å². The number of fused-ring (bicyclic) bond motifs is 1. The SMILES string of the molecule is CCOc1cc(OCC)cc(-n2cc(C(=O)N(CC)c3cc(OC)cc(OC)c3)c(=O)c3ccc(OCc4ccccc4)cc32)c1. The van der Waals surface area contributed by atoms with Crippen LogP contribution >= 0.6 is 0 Å². The molecule has 1 amide bonds. The molecule has 0 saturated carbocycles. The van der Waals surface area contributed by atoms with Gasteiger partial charge in [-0.3, -0.25) is 9.59 Å². The lowest BCUT2D eigenvalue weighted by molar-refractivity contribution is 0.0987. The first kappa shape index (κ1) is 32.0. The Morgan fingerprint density at radius 3 is 1.93 bits per heavy atom. The second-order valence-corrected chi connectivity index (χ2v) is 10.3. The van der Waals surface area contributed by atoms with E-state index in [4.69, 9.17) is 23.7 Å². The molecule has 0 bridgehead atoms. The fourth-order valence-electron chi connectivity index (χ4n) is 5.23. The molecule has 0 spiro atoms. The van der Waals surface area contributed by atoms with E-state index in [1.54, 1.807) is 50.7 Å². The van der Waals surface area contributed by atoms with Crippen LogP contribution in [0.3, 0.4) is 0 Å². The van der Waals surface area contributed by atoms with E-state index in [2.05, 4.69) is 0 Å². The van der Waals surface area contributed by atoms with E-state index in [-0.39, 0.29) is 5.56 Å².